The number of imidazole rings is 1. The molecule has 0 unspecified atom stereocenters. The van der Waals surface area contributed by atoms with Crippen LogP contribution in [-0.2, 0) is 13.0 Å². The molecular weight excluding hydrogens is 296 g/mol. The van der Waals surface area contributed by atoms with Crippen LogP contribution in [0.15, 0.2) is 19.4 Å². The van der Waals surface area contributed by atoms with E-state index in [-0.39, 0.29) is 0 Å². The number of aryl methyl sites for hydroxylation is 1. The molecule has 0 aliphatic carbocycles. The van der Waals surface area contributed by atoms with Crippen molar-refractivity contribution in [2.45, 2.75) is 66.3 Å². The molecule has 0 saturated heterocycles. The fourth-order valence-electron chi connectivity index (χ4n) is 2.79. The number of nitrogens with one attached hydrogen (secondary N) is 1. The van der Waals surface area contributed by atoms with E-state index in [0.717, 1.165) is 61.8 Å². The average molecular weight is 333 g/mol. The molecule has 0 aromatic carbocycles. The summed E-state index contributed by atoms with van der Waals surface area (Å²) in [5.41, 5.74) is 2.14. The minimum Gasteiger partial charge on any atom is -0.373 e. The van der Waals surface area contributed by atoms with Gasteiger partial charge in [-0.15, -0.1) is 0 Å². The van der Waals surface area contributed by atoms with E-state index in [9.17, 15) is 0 Å². The zero-order valence-corrected chi connectivity index (χ0v) is 16.4. The van der Waals surface area contributed by atoms with Crippen molar-refractivity contribution in [3.05, 3.63) is 30.9 Å². The second kappa shape index (κ2) is 10.2. The molecule has 4 nitrogen and oxygen atoms in total. The van der Waals surface area contributed by atoms with Gasteiger partial charge >= 0.3 is 0 Å². The summed E-state index contributed by atoms with van der Waals surface area (Å²) in [4.78, 5) is 7.10. The lowest BCUT2D eigenvalue weighted by molar-refractivity contribution is 0.462. The Balaban J connectivity index is 3.28. The molecule has 0 amide bonds. The quantitative estimate of drug-likeness (QED) is 0.575. The third-order valence-electron chi connectivity index (χ3n) is 4.26. The van der Waals surface area contributed by atoms with Crippen molar-refractivity contribution in [1.82, 2.24) is 14.5 Å². The van der Waals surface area contributed by atoms with Crippen molar-refractivity contribution >= 4 is 11.5 Å². The van der Waals surface area contributed by atoms with Crippen LogP contribution in [0, 0.1) is 5.92 Å². The Morgan fingerprint density at radius 3 is 2.58 bits per heavy atom. The van der Waals surface area contributed by atoms with Crippen molar-refractivity contribution < 1.29 is 0 Å². The highest BCUT2D eigenvalue weighted by molar-refractivity contribution is 5.70. The van der Waals surface area contributed by atoms with Crippen molar-refractivity contribution in [3.8, 4) is 0 Å². The van der Waals surface area contributed by atoms with Crippen LogP contribution in [0.5, 0.6) is 0 Å². The number of rotatable bonds is 12. The standard InChI is InChI=1S/C20H36N4/c1-8-11-12-18-22-20(21-10-3)19(17(6)23(7)14-9-2)24(18)15-13-16(4)5/h10,16,21H,3,6,8-9,11-15H2,1-2,4-5,7H3. The van der Waals surface area contributed by atoms with E-state index in [1.807, 2.05) is 0 Å². The first-order chi connectivity index (χ1) is 11.5. The summed E-state index contributed by atoms with van der Waals surface area (Å²) in [6.45, 7) is 19.1. The normalized spacial score (nSPS) is 10.9. The van der Waals surface area contributed by atoms with Crippen molar-refractivity contribution in [3.63, 3.8) is 0 Å². The highest BCUT2D eigenvalue weighted by Crippen LogP contribution is 2.28. The zero-order chi connectivity index (χ0) is 18.1. The molecule has 1 aromatic heterocycles. The fraction of sp³-hybridized carbons (Fsp3) is 0.650. The first kappa shape index (κ1) is 20.3. The number of anilines is 1. The van der Waals surface area contributed by atoms with Gasteiger partial charge in [0.25, 0.3) is 0 Å². The summed E-state index contributed by atoms with van der Waals surface area (Å²) in [6, 6.07) is 0. The van der Waals surface area contributed by atoms with Gasteiger partial charge in [0.1, 0.15) is 11.5 Å². The van der Waals surface area contributed by atoms with Crippen LogP contribution in [-0.4, -0.2) is 28.0 Å². The van der Waals surface area contributed by atoms with E-state index in [2.05, 4.69) is 62.7 Å². The first-order valence-corrected chi connectivity index (χ1v) is 9.33. The Morgan fingerprint density at radius 2 is 2.04 bits per heavy atom. The van der Waals surface area contributed by atoms with Crippen molar-refractivity contribution in [2.75, 3.05) is 18.9 Å². The Morgan fingerprint density at radius 1 is 1.33 bits per heavy atom. The second-order valence-electron chi connectivity index (χ2n) is 6.88. The maximum Gasteiger partial charge on any atom is 0.158 e. The summed E-state index contributed by atoms with van der Waals surface area (Å²) in [5, 5.41) is 3.22. The molecule has 0 bridgehead atoms. The van der Waals surface area contributed by atoms with Gasteiger partial charge in [0.2, 0.25) is 0 Å². The summed E-state index contributed by atoms with van der Waals surface area (Å²) < 4.78 is 2.37. The molecule has 0 aliphatic heterocycles. The summed E-state index contributed by atoms with van der Waals surface area (Å²) in [6.07, 6.45) is 7.28. The maximum absolute atomic E-state index is 4.87. The fourth-order valence-corrected chi connectivity index (χ4v) is 2.79. The molecule has 1 heterocycles. The van der Waals surface area contributed by atoms with Crippen LogP contribution in [0.2, 0.25) is 0 Å². The molecule has 0 fully saturated rings. The van der Waals surface area contributed by atoms with Gasteiger partial charge < -0.3 is 14.8 Å². The smallest absolute Gasteiger partial charge is 0.158 e. The number of aromatic nitrogens is 2. The minimum absolute atomic E-state index is 0.664. The molecule has 4 heteroatoms. The molecule has 1 N–H and O–H groups in total. The SMILES string of the molecule is C=CNc1nc(CCCC)n(CCC(C)C)c1C(=C)N(C)CCC. The van der Waals surface area contributed by atoms with Crippen LogP contribution >= 0.6 is 0 Å². The van der Waals surface area contributed by atoms with E-state index in [1.165, 1.54) is 6.42 Å². The molecule has 24 heavy (non-hydrogen) atoms. The van der Waals surface area contributed by atoms with Gasteiger partial charge in [-0.05, 0) is 31.4 Å². The first-order valence-electron chi connectivity index (χ1n) is 9.33. The molecule has 0 radical (unpaired) electrons. The highest BCUT2D eigenvalue weighted by atomic mass is 15.2. The summed E-state index contributed by atoms with van der Waals surface area (Å²) >= 11 is 0. The van der Waals surface area contributed by atoms with Crippen molar-refractivity contribution in [2.24, 2.45) is 5.92 Å². The molecule has 0 saturated carbocycles. The molecule has 0 atom stereocenters. The molecule has 1 aromatic rings. The predicted octanol–water partition coefficient (Wildman–Crippen LogP) is 5.14. The van der Waals surface area contributed by atoms with Gasteiger partial charge in [0, 0.05) is 26.6 Å². The van der Waals surface area contributed by atoms with Crippen LogP contribution in [0.25, 0.3) is 5.70 Å². The summed E-state index contributed by atoms with van der Waals surface area (Å²) in [5.74, 6) is 2.70. The largest absolute Gasteiger partial charge is 0.373 e. The lowest BCUT2D eigenvalue weighted by atomic mass is 10.1. The number of unbranched alkanes of at least 4 members (excludes halogenated alkanes) is 1. The van der Waals surface area contributed by atoms with Crippen LogP contribution in [0.4, 0.5) is 5.82 Å². The topological polar surface area (TPSA) is 33.1 Å². The van der Waals surface area contributed by atoms with Crippen LogP contribution in [0.3, 0.4) is 0 Å². The third-order valence-corrected chi connectivity index (χ3v) is 4.26. The lowest BCUT2D eigenvalue weighted by Crippen LogP contribution is -2.20. The van der Waals surface area contributed by atoms with Gasteiger partial charge in [0.15, 0.2) is 5.82 Å². The van der Waals surface area contributed by atoms with E-state index < -0.39 is 0 Å². The molecule has 0 spiro atoms. The Hall–Kier alpha value is -1.71. The van der Waals surface area contributed by atoms with E-state index in [1.54, 1.807) is 6.20 Å². The summed E-state index contributed by atoms with van der Waals surface area (Å²) in [7, 11) is 2.11. The van der Waals surface area contributed by atoms with E-state index in [4.69, 9.17) is 4.98 Å². The van der Waals surface area contributed by atoms with Gasteiger partial charge in [-0.3, -0.25) is 0 Å². The number of hydrogen-bond donors (Lipinski definition) is 1. The minimum atomic E-state index is 0.664. The number of nitrogens with zero attached hydrogens (tertiary/aromatic N) is 3. The van der Waals surface area contributed by atoms with Crippen molar-refractivity contribution in [1.29, 1.82) is 0 Å². The Labute approximate surface area is 148 Å². The van der Waals surface area contributed by atoms with Gasteiger partial charge in [-0.1, -0.05) is 47.3 Å². The highest BCUT2D eigenvalue weighted by Gasteiger charge is 2.20. The van der Waals surface area contributed by atoms with E-state index in [0.29, 0.717) is 5.92 Å². The lowest BCUT2D eigenvalue weighted by Gasteiger charge is -2.23. The molecule has 136 valence electrons. The molecule has 0 aliphatic rings. The van der Waals surface area contributed by atoms with Gasteiger partial charge in [-0.2, -0.15) is 0 Å². The Kier molecular flexibility index (Phi) is 8.66. The predicted molar refractivity (Wildman–Crippen MR) is 106 cm³/mol. The second-order valence-corrected chi connectivity index (χ2v) is 6.88. The maximum atomic E-state index is 4.87. The van der Waals surface area contributed by atoms with Crippen LogP contribution < -0.4 is 5.32 Å². The Bertz CT molecular complexity index is 528. The van der Waals surface area contributed by atoms with E-state index >= 15 is 0 Å². The van der Waals surface area contributed by atoms with Crippen LogP contribution in [0.1, 0.15) is 64.9 Å². The number of hydrogen-bond acceptors (Lipinski definition) is 3. The van der Waals surface area contributed by atoms with Gasteiger partial charge in [0.05, 0.1) is 5.70 Å². The third kappa shape index (κ3) is 5.43. The molecule has 1 rings (SSSR count). The average Bonchev–Trinajstić information content (AvgIpc) is 2.88. The zero-order valence-electron chi connectivity index (χ0n) is 16.4. The monoisotopic (exact) mass is 332 g/mol. The van der Waals surface area contributed by atoms with Gasteiger partial charge in [-0.25, -0.2) is 4.98 Å². The molecular formula is C20H36N4.